The molecule has 0 radical (unpaired) electrons. The second kappa shape index (κ2) is 5.50. The molecule has 0 saturated heterocycles. The third kappa shape index (κ3) is 2.94. The zero-order chi connectivity index (χ0) is 11.3. The Morgan fingerprint density at radius 2 is 2.00 bits per heavy atom. The van der Waals surface area contributed by atoms with E-state index in [4.69, 9.17) is 4.74 Å². The van der Waals surface area contributed by atoms with Crippen LogP contribution in [0.4, 0.5) is 0 Å². The van der Waals surface area contributed by atoms with E-state index in [1.54, 1.807) is 0 Å². The Morgan fingerprint density at radius 1 is 1.40 bits per heavy atom. The average Bonchev–Trinajstić information content (AvgIpc) is 2.21. The third-order valence-electron chi connectivity index (χ3n) is 3.42. The predicted molar refractivity (Wildman–Crippen MR) is 58.9 cm³/mol. The molecule has 0 unspecified atom stereocenters. The van der Waals surface area contributed by atoms with Gasteiger partial charge in [-0.05, 0) is 38.5 Å². The van der Waals surface area contributed by atoms with Crippen molar-refractivity contribution >= 4 is 5.97 Å². The summed E-state index contributed by atoms with van der Waals surface area (Å²) >= 11 is 0. The molecule has 0 aliphatic heterocycles. The van der Waals surface area contributed by atoms with Gasteiger partial charge in [0.25, 0.3) is 0 Å². The van der Waals surface area contributed by atoms with Crippen molar-refractivity contribution in [1.29, 1.82) is 0 Å². The minimum absolute atomic E-state index is 0.491. The summed E-state index contributed by atoms with van der Waals surface area (Å²) in [5, 5.41) is 9.21. The molecule has 3 heteroatoms. The van der Waals surface area contributed by atoms with Crippen LogP contribution in [0.1, 0.15) is 52.4 Å². The normalized spacial score (nSPS) is 31.5. The molecule has 1 fully saturated rings. The van der Waals surface area contributed by atoms with E-state index in [9.17, 15) is 9.90 Å². The molecule has 0 heterocycles. The monoisotopic (exact) mass is 214 g/mol. The molecular formula is C12H22O3. The van der Waals surface area contributed by atoms with Gasteiger partial charge in [0.2, 0.25) is 0 Å². The lowest BCUT2D eigenvalue weighted by Gasteiger charge is -2.36. The van der Waals surface area contributed by atoms with E-state index in [0.29, 0.717) is 25.4 Å². The molecule has 1 aliphatic carbocycles. The van der Waals surface area contributed by atoms with Crippen LogP contribution in [0.15, 0.2) is 0 Å². The van der Waals surface area contributed by atoms with Crippen molar-refractivity contribution in [1.82, 2.24) is 0 Å². The van der Waals surface area contributed by atoms with Gasteiger partial charge in [-0.1, -0.05) is 19.8 Å². The summed E-state index contributed by atoms with van der Waals surface area (Å²) in [6.45, 7) is 4.54. The van der Waals surface area contributed by atoms with Gasteiger partial charge in [-0.3, -0.25) is 0 Å². The van der Waals surface area contributed by atoms with Gasteiger partial charge < -0.3 is 9.84 Å². The highest BCUT2D eigenvalue weighted by molar-refractivity contribution is 5.77. The summed E-state index contributed by atoms with van der Waals surface area (Å²) in [6, 6.07) is 0. The topological polar surface area (TPSA) is 46.5 Å². The highest BCUT2D eigenvalue weighted by Crippen LogP contribution is 2.37. The van der Waals surface area contributed by atoms with Crippen LogP contribution >= 0.6 is 0 Å². The van der Waals surface area contributed by atoms with Crippen LogP contribution in [-0.4, -0.2) is 23.3 Å². The fraction of sp³-hybridized carbons (Fsp3) is 0.917. The Hall–Kier alpha value is -0.570. The maximum atomic E-state index is 11.2. The van der Waals surface area contributed by atoms with Gasteiger partial charge in [-0.25, -0.2) is 4.79 Å². The number of carboxylic acid groups (broad SMARTS) is 1. The molecular weight excluding hydrogens is 192 g/mol. The number of hydrogen-bond acceptors (Lipinski definition) is 2. The summed E-state index contributed by atoms with van der Waals surface area (Å²) in [7, 11) is 0. The fourth-order valence-corrected chi connectivity index (χ4v) is 2.54. The molecule has 0 atom stereocenters. The standard InChI is InChI=1S/C12H22O3/c1-3-5-10-6-8-12(9-7-10,11(13)14)15-4-2/h10H,3-9H2,1-2H3,(H,13,14). The van der Waals surface area contributed by atoms with Crippen LogP contribution in [0, 0.1) is 5.92 Å². The van der Waals surface area contributed by atoms with E-state index in [-0.39, 0.29) is 0 Å². The zero-order valence-electron chi connectivity index (χ0n) is 9.79. The van der Waals surface area contributed by atoms with E-state index in [1.165, 1.54) is 12.8 Å². The number of ether oxygens (including phenoxy) is 1. The van der Waals surface area contributed by atoms with Crippen LogP contribution < -0.4 is 0 Å². The summed E-state index contributed by atoms with van der Waals surface area (Å²) in [4.78, 5) is 11.2. The van der Waals surface area contributed by atoms with E-state index in [0.717, 1.165) is 12.8 Å². The predicted octanol–water partition coefficient (Wildman–Crippen LogP) is 2.84. The van der Waals surface area contributed by atoms with Crippen LogP contribution in [0.5, 0.6) is 0 Å². The highest BCUT2D eigenvalue weighted by Gasteiger charge is 2.42. The Kier molecular flexibility index (Phi) is 4.58. The van der Waals surface area contributed by atoms with Gasteiger partial charge in [0.05, 0.1) is 0 Å². The Balaban J connectivity index is 2.53. The molecule has 0 aromatic heterocycles. The van der Waals surface area contributed by atoms with Crippen LogP contribution in [-0.2, 0) is 9.53 Å². The van der Waals surface area contributed by atoms with Crippen molar-refractivity contribution in [3.8, 4) is 0 Å². The Bertz CT molecular complexity index is 205. The molecule has 88 valence electrons. The molecule has 0 aromatic rings. The van der Waals surface area contributed by atoms with Gasteiger partial charge in [-0.2, -0.15) is 0 Å². The van der Waals surface area contributed by atoms with Crippen LogP contribution in [0.25, 0.3) is 0 Å². The van der Waals surface area contributed by atoms with Crippen molar-refractivity contribution in [3.63, 3.8) is 0 Å². The maximum Gasteiger partial charge on any atom is 0.335 e. The summed E-state index contributed by atoms with van der Waals surface area (Å²) in [5.41, 5.74) is -0.876. The first-order valence-electron chi connectivity index (χ1n) is 6.02. The zero-order valence-corrected chi connectivity index (χ0v) is 9.79. The third-order valence-corrected chi connectivity index (χ3v) is 3.42. The average molecular weight is 214 g/mol. The molecule has 1 rings (SSSR count). The summed E-state index contributed by atoms with van der Waals surface area (Å²) in [6.07, 6.45) is 5.78. The first-order valence-corrected chi connectivity index (χ1v) is 6.02. The SMILES string of the molecule is CCCC1CCC(OCC)(C(=O)O)CC1. The van der Waals surface area contributed by atoms with E-state index < -0.39 is 11.6 Å². The molecule has 0 amide bonds. The van der Waals surface area contributed by atoms with E-state index >= 15 is 0 Å². The van der Waals surface area contributed by atoms with E-state index in [1.807, 2.05) is 6.92 Å². The quantitative estimate of drug-likeness (QED) is 0.765. The van der Waals surface area contributed by atoms with Crippen molar-refractivity contribution < 1.29 is 14.6 Å². The lowest BCUT2D eigenvalue weighted by Crippen LogP contribution is -2.44. The van der Waals surface area contributed by atoms with Crippen LogP contribution in [0.2, 0.25) is 0 Å². The first-order chi connectivity index (χ1) is 7.14. The number of hydrogen-bond donors (Lipinski definition) is 1. The van der Waals surface area contributed by atoms with Gasteiger partial charge >= 0.3 is 5.97 Å². The number of aliphatic carboxylic acids is 1. The van der Waals surface area contributed by atoms with Gasteiger partial charge in [0.1, 0.15) is 0 Å². The Labute approximate surface area is 91.8 Å². The molecule has 1 saturated carbocycles. The Morgan fingerprint density at radius 3 is 2.40 bits per heavy atom. The number of carboxylic acids is 1. The minimum Gasteiger partial charge on any atom is -0.479 e. The molecule has 0 spiro atoms. The van der Waals surface area contributed by atoms with Crippen molar-refractivity contribution in [2.75, 3.05) is 6.61 Å². The molecule has 1 aliphatic rings. The maximum absolute atomic E-state index is 11.2. The highest BCUT2D eigenvalue weighted by atomic mass is 16.5. The largest absolute Gasteiger partial charge is 0.479 e. The van der Waals surface area contributed by atoms with Gasteiger partial charge in [0, 0.05) is 6.61 Å². The molecule has 0 bridgehead atoms. The van der Waals surface area contributed by atoms with Gasteiger partial charge in [-0.15, -0.1) is 0 Å². The second-order valence-electron chi connectivity index (χ2n) is 4.46. The van der Waals surface area contributed by atoms with Crippen molar-refractivity contribution in [3.05, 3.63) is 0 Å². The first kappa shape index (κ1) is 12.5. The number of carbonyl (C=O) groups is 1. The van der Waals surface area contributed by atoms with E-state index in [2.05, 4.69) is 6.92 Å². The van der Waals surface area contributed by atoms with Crippen molar-refractivity contribution in [2.45, 2.75) is 58.0 Å². The van der Waals surface area contributed by atoms with Crippen LogP contribution in [0.3, 0.4) is 0 Å². The summed E-state index contributed by atoms with van der Waals surface area (Å²) < 4.78 is 5.46. The minimum atomic E-state index is -0.876. The lowest BCUT2D eigenvalue weighted by atomic mass is 9.77. The lowest BCUT2D eigenvalue weighted by molar-refractivity contribution is -0.171. The molecule has 0 aromatic carbocycles. The number of rotatable bonds is 5. The fourth-order valence-electron chi connectivity index (χ4n) is 2.54. The summed E-state index contributed by atoms with van der Waals surface area (Å²) in [5.74, 6) is -0.0674. The smallest absolute Gasteiger partial charge is 0.335 e. The second-order valence-corrected chi connectivity index (χ2v) is 4.46. The van der Waals surface area contributed by atoms with Gasteiger partial charge in [0.15, 0.2) is 5.60 Å². The molecule has 3 nitrogen and oxygen atoms in total. The molecule has 15 heavy (non-hydrogen) atoms. The van der Waals surface area contributed by atoms with Crippen molar-refractivity contribution in [2.24, 2.45) is 5.92 Å². The molecule has 1 N–H and O–H groups in total.